The number of hydrogen-bond acceptors (Lipinski definition) is 3. The van der Waals surface area contributed by atoms with E-state index in [9.17, 15) is 9.59 Å². The third kappa shape index (κ3) is 4.45. The van der Waals surface area contributed by atoms with Crippen LogP contribution in [0, 0.1) is 13.8 Å². The fourth-order valence-corrected chi connectivity index (χ4v) is 3.64. The van der Waals surface area contributed by atoms with Crippen molar-refractivity contribution in [2.24, 2.45) is 0 Å². The Bertz CT molecular complexity index is 942. The molecule has 3 rings (SSSR count). The number of hydrogen-bond donors (Lipinski definition) is 1. The molecule has 5 heteroatoms. The van der Waals surface area contributed by atoms with E-state index in [1.54, 1.807) is 0 Å². The summed E-state index contributed by atoms with van der Waals surface area (Å²) in [6, 6.07) is 11.3. The van der Waals surface area contributed by atoms with Gasteiger partial charge in [-0.15, -0.1) is 0 Å². The van der Waals surface area contributed by atoms with Crippen LogP contribution in [0.4, 0.5) is 0 Å². The van der Waals surface area contributed by atoms with Gasteiger partial charge in [-0.1, -0.05) is 29.8 Å². The van der Waals surface area contributed by atoms with Gasteiger partial charge in [0.25, 0.3) is 0 Å². The largest absolute Gasteiger partial charge is 0.488 e. The molecule has 0 amide bonds. The Balaban J connectivity index is 1.79. The lowest BCUT2D eigenvalue weighted by molar-refractivity contribution is -0.137. The highest BCUT2D eigenvalue weighted by Gasteiger charge is 2.24. The van der Waals surface area contributed by atoms with E-state index in [1.165, 1.54) is 0 Å². The average Bonchev–Trinajstić information content (AvgIpc) is 3.03. The molecule has 28 heavy (non-hydrogen) atoms. The summed E-state index contributed by atoms with van der Waals surface area (Å²) in [7, 11) is 0. The van der Waals surface area contributed by atoms with Crippen LogP contribution >= 0.6 is 11.6 Å². The molecule has 146 valence electrons. The van der Waals surface area contributed by atoms with Gasteiger partial charge in [0.05, 0.1) is 0 Å². The SMILES string of the molecule is Cc1c(CCC(=O)O)ccc(OCC2=C(c3ccc(Cl)cc3)CCC2=O)c1C. The molecule has 2 aromatic carbocycles. The number of allylic oxidation sites excluding steroid dienone is 1. The highest BCUT2D eigenvalue weighted by Crippen LogP contribution is 2.33. The number of ether oxygens (including phenoxy) is 1. The second-order valence-electron chi connectivity index (χ2n) is 7.04. The Kier molecular flexibility index (Phi) is 6.20. The Morgan fingerprint density at radius 3 is 2.46 bits per heavy atom. The quantitative estimate of drug-likeness (QED) is 0.698. The van der Waals surface area contributed by atoms with Gasteiger partial charge in [-0.3, -0.25) is 9.59 Å². The van der Waals surface area contributed by atoms with Gasteiger partial charge in [-0.2, -0.15) is 0 Å². The van der Waals surface area contributed by atoms with Crippen molar-refractivity contribution in [3.05, 3.63) is 69.2 Å². The molecule has 0 heterocycles. The molecule has 0 aliphatic heterocycles. The predicted octanol–water partition coefficient (Wildman–Crippen LogP) is 5.17. The van der Waals surface area contributed by atoms with Crippen LogP contribution in [-0.4, -0.2) is 23.5 Å². The number of rotatable bonds is 7. The first-order chi connectivity index (χ1) is 13.4. The number of carboxylic acids is 1. The van der Waals surface area contributed by atoms with Crippen LogP contribution < -0.4 is 4.74 Å². The van der Waals surface area contributed by atoms with Crippen molar-refractivity contribution in [3.8, 4) is 5.75 Å². The first-order valence-corrected chi connectivity index (χ1v) is 9.69. The lowest BCUT2D eigenvalue weighted by Gasteiger charge is -2.15. The molecule has 0 spiro atoms. The maximum atomic E-state index is 12.4. The van der Waals surface area contributed by atoms with E-state index < -0.39 is 5.97 Å². The molecule has 1 aliphatic rings. The van der Waals surface area contributed by atoms with Crippen LogP contribution in [0.3, 0.4) is 0 Å². The van der Waals surface area contributed by atoms with Crippen molar-refractivity contribution in [3.63, 3.8) is 0 Å². The predicted molar refractivity (Wildman–Crippen MR) is 110 cm³/mol. The third-order valence-electron chi connectivity index (χ3n) is 5.33. The van der Waals surface area contributed by atoms with Crippen molar-refractivity contribution in [1.29, 1.82) is 0 Å². The molecule has 0 unspecified atom stereocenters. The summed E-state index contributed by atoms with van der Waals surface area (Å²) in [6.45, 7) is 4.16. The second-order valence-corrected chi connectivity index (χ2v) is 7.48. The minimum atomic E-state index is -0.807. The van der Waals surface area contributed by atoms with Crippen LogP contribution in [0.1, 0.15) is 41.5 Å². The number of carbonyl (C=O) groups is 2. The van der Waals surface area contributed by atoms with Crippen molar-refractivity contribution < 1.29 is 19.4 Å². The topological polar surface area (TPSA) is 63.6 Å². The van der Waals surface area contributed by atoms with Gasteiger partial charge in [-0.25, -0.2) is 0 Å². The summed E-state index contributed by atoms with van der Waals surface area (Å²) in [5.41, 5.74) is 5.75. The lowest BCUT2D eigenvalue weighted by atomic mass is 9.99. The van der Waals surface area contributed by atoms with E-state index in [0.717, 1.165) is 33.6 Å². The van der Waals surface area contributed by atoms with Gasteiger partial charge in [0.15, 0.2) is 5.78 Å². The summed E-state index contributed by atoms with van der Waals surface area (Å²) >= 11 is 5.97. The van der Waals surface area contributed by atoms with Gasteiger partial charge in [0.2, 0.25) is 0 Å². The van der Waals surface area contributed by atoms with Gasteiger partial charge in [-0.05, 0) is 72.7 Å². The van der Waals surface area contributed by atoms with Crippen molar-refractivity contribution in [2.75, 3.05) is 6.61 Å². The number of Topliss-reactive ketones (excluding diaryl/α,β-unsaturated/α-hetero) is 1. The smallest absolute Gasteiger partial charge is 0.303 e. The molecular formula is C23H23ClO4. The normalized spacial score (nSPS) is 13.9. The highest BCUT2D eigenvalue weighted by molar-refractivity contribution is 6.30. The standard InChI is InChI=1S/C23H23ClO4/c1-14-15(2)22(11-5-16(14)6-12-23(26)27)28-13-20-19(9-10-21(20)25)17-3-7-18(24)8-4-17/h3-5,7-8,11H,6,9-10,12-13H2,1-2H3,(H,26,27). The third-order valence-corrected chi connectivity index (χ3v) is 5.58. The zero-order valence-corrected chi connectivity index (χ0v) is 16.8. The molecule has 1 aliphatic carbocycles. The van der Waals surface area contributed by atoms with Crippen LogP contribution in [0.15, 0.2) is 42.0 Å². The van der Waals surface area contributed by atoms with Gasteiger partial charge in [0.1, 0.15) is 12.4 Å². The summed E-state index contributed by atoms with van der Waals surface area (Å²) in [5, 5.41) is 9.55. The minimum Gasteiger partial charge on any atom is -0.488 e. The average molecular weight is 399 g/mol. The molecule has 1 N–H and O–H groups in total. The zero-order chi connectivity index (χ0) is 20.3. The van der Waals surface area contributed by atoms with E-state index >= 15 is 0 Å². The van der Waals surface area contributed by atoms with Crippen LogP contribution in [0.25, 0.3) is 5.57 Å². The van der Waals surface area contributed by atoms with E-state index in [-0.39, 0.29) is 18.8 Å². The maximum Gasteiger partial charge on any atom is 0.303 e. The lowest BCUT2D eigenvalue weighted by Crippen LogP contribution is -2.09. The number of benzene rings is 2. The van der Waals surface area contributed by atoms with E-state index in [4.69, 9.17) is 21.4 Å². The van der Waals surface area contributed by atoms with Gasteiger partial charge in [0, 0.05) is 23.4 Å². The second kappa shape index (κ2) is 8.61. The molecule has 0 saturated carbocycles. The number of carbonyl (C=O) groups excluding carboxylic acids is 1. The van der Waals surface area contributed by atoms with E-state index in [0.29, 0.717) is 29.9 Å². The van der Waals surface area contributed by atoms with E-state index in [1.807, 2.05) is 50.2 Å². The summed E-state index contributed by atoms with van der Waals surface area (Å²) in [5.74, 6) is 0.0374. The Morgan fingerprint density at radius 1 is 1.07 bits per heavy atom. The molecule has 2 aromatic rings. The number of aliphatic carboxylic acids is 1. The molecule has 0 aromatic heterocycles. The van der Waals surface area contributed by atoms with Gasteiger partial charge < -0.3 is 9.84 Å². The Morgan fingerprint density at radius 2 is 1.79 bits per heavy atom. The molecule has 0 saturated heterocycles. The summed E-state index contributed by atoms with van der Waals surface area (Å²) < 4.78 is 6.01. The van der Waals surface area contributed by atoms with Crippen LogP contribution in [0.2, 0.25) is 5.02 Å². The number of carboxylic acid groups (broad SMARTS) is 1. The zero-order valence-electron chi connectivity index (χ0n) is 16.0. The number of halogens is 1. The monoisotopic (exact) mass is 398 g/mol. The van der Waals surface area contributed by atoms with Crippen LogP contribution in [-0.2, 0) is 16.0 Å². The van der Waals surface area contributed by atoms with Gasteiger partial charge >= 0.3 is 5.97 Å². The molecule has 0 bridgehead atoms. The minimum absolute atomic E-state index is 0.103. The fraction of sp³-hybridized carbons (Fsp3) is 0.304. The molecule has 0 radical (unpaired) electrons. The van der Waals surface area contributed by atoms with Crippen molar-refractivity contribution >= 4 is 28.9 Å². The molecule has 0 fully saturated rings. The number of aryl methyl sites for hydroxylation is 1. The molecule has 0 atom stereocenters. The first kappa shape index (κ1) is 20.2. The summed E-state index contributed by atoms with van der Waals surface area (Å²) in [6.07, 6.45) is 1.81. The van der Waals surface area contributed by atoms with Crippen LogP contribution in [0.5, 0.6) is 5.75 Å². The molecular weight excluding hydrogens is 376 g/mol. The Hall–Kier alpha value is -2.59. The van der Waals surface area contributed by atoms with Crippen molar-refractivity contribution in [1.82, 2.24) is 0 Å². The van der Waals surface area contributed by atoms with Crippen molar-refractivity contribution in [2.45, 2.75) is 39.5 Å². The summed E-state index contributed by atoms with van der Waals surface area (Å²) in [4.78, 5) is 23.2. The maximum absolute atomic E-state index is 12.4. The highest BCUT2D eigenvalue weighted by atomic mass is 35.5. The number of ketones is 1. The molecule has 4 nitrogen and oxygen atoms in total. The Labute approximate surface area is 169 Å². The van der Waals surface area contributed by atoms with E-state index in [2.05, 4.69) is 0 Å². The fourth-order valence-electron chi connectivity index (χ4n) is 3.52. The first-order valence-electron chi connectivity index (χ1n) is 9.31.